The second-order valence-corrected chi connectivity index (χ2v) is 4.57. The van der Waals surface area contributed by atoms with Gasteiger partial charge in [0.15, 0.2) is 0 Å². The molecule has 0 fully saturated rings. The lowest BCUT2D eigenvalue weighted by Crippen LogP contribution is -2.03. The summed E-state index contributed by atoms with van der Waals surface area (Å²) in [6.45, 7) is 4.75. The van der Waals surface area contributed by atoms with Crippen LogP contribution in [0.15, 0.2) is 0 Å². The van der Waals surface area contributed by atoms with Crippen molar-refractivity contribution < 1.29 is 9.53 Å². The van der Waals surface area contributed by atoms with Gasteiger partial charge in [0, 0.05) is 0 Å². The van der Waals surface area contributed by atoms with Crippen LogP contribution in [0, 0.1) is 6.92 Å². The molecule has 0 atom stereocenters. The first-order chi connectivity index (χ1) is 7.69. The molecule has 0 amide bonds. The van der Waals surface area contributed by atoms with Gasteiger partial charge in [0.05, 0.1) is 17.3 Å². The van der Waals surface area contributed by atoms with E-state index in [4.69, 9.17) is 10.5 Å². The van der Waals surface area contributed by atoms with Gasteiger partial charge in [0.25, 0.3) is 0 Å². The van der Waals surface area contributed by atoms with Gasteiger partial charge in [-0.3, -0.25) is 0 Å². The van der Waals surface area contributed by atoms with Crippen LogP contribution in [0.5, 0.6) is 0 Å². The maximum Gasteiger partial charge on any atom is 0.350 e. The van der Waals surface area contributed by atoms with Crippen LogP contribution in [0.4, 0.5) is 0 Å². The number of ether oxygens (including phenoxy) is 1. The zero-order chi connectivity index (χ0) is 12.0. The van der Waals surface area contributed by atoms with Gasteiger partial charge in [0.1, 0.15) is 4.88 Å². The van der Waals surface area contributed by atoms with Crippen LogP contribution in [-0.4, -0.2) is 24.1 Å². The van der Waals surface area contributed by atoms with Crippen molar-refractivity contribution in [2.24, 2.45) is 5.73 Å². The molecule has 5 heteroatoms. The molecular weight excluding hydrogens is 224 g/mol. The van der Waals surface area contributed by atoms with Crippen LogP contribution in [0.1, 0.15) is 40.1 Å². The Balaban J connectivity index is 2.62. The standard InChI is InChI=1S/C11H18N2O2S/c1-3-15-11(14)10-8(2)13-9(16-10)6-4-5-7-12/h3-7,12H2,1-2H3. The van der Waals surface area contributed by atoms with Crippen molar-refractivity contribution in [3.8, 4) is 0 Å². The molecule has 0 saturated heterocycles. The summed E-state index contributed by atoms with van der Waals surface area (Å²) < 4.78 is 4.96. The lowest BCUT2D eigenvalue weighted by molar-refractivity contribution is 0.0531. The molecule has 0 aromatic carbocycles. The van der Waals surface area contributed by atoms with Gasteiger partial charge in [-0.05, 0) is 39.7 Å². The molecular formula is C11H18N2O2S. The van der Waals surface area contributed by atoms with Gasteiger partial charge in [0.2, 0.25) is 0 Å². The molecule has 0 saturated carbocycles. The minimum atomic E-state index is -0.262. The van der Waals surface area contributed by atoms with Gasteiger partial charge in [-0.2, -0.15) is 0 Å². The number of unbranched alkanes of at least 4 members (excludes halogenated alkanes) is 1. The molecule has 0 unspecified atom stereocenters. The third kappa shape index (κ3) is 3.57. The molecule has 0 spiro atoms. The van der Waals surface area contributed by atoms with E-state index in [1.165, 1.54) is 11.3 Å². The monoisotopic (exact) mass is 242 g/mol. The summed E-state index contributed by atoms with van der Waals surface area (Å²) in [5.74, 6) is -0.262. The van der Waals surface area contributed by atoms with Crippen molar-refractivity contribution in [2.75, 3.05) is 13.2 Å². The zero-order valence-electron chi connectivity index (χ0n) is 9.78. The topological polar surface area (TPSA) is 65.2 Å². The van der Waals surface area contributed by atoms with Gasteiger partial charge >= 0.3 is 5.97 Å². The predicted octanol–water partition coefficient (Wildman–Crippen LogP) is 1.91. The SMILES string of the molecule is CCOC(=O)c1sc(CCCCN)nc1C. The summed E-state index contributed by atoms with van der Waals surface area (Å²) in [4.78, 5) is 16.5. The minimum Gasteiger partial charge on any atom is -0.462 e. The second kappa shape index (κ2) is 6.60. The molecule has 1 aromatic rings. The molecule has 16 heavy (non-hydrogen) atoms. The Morgan fingerprint density at radius 2 is 2.25 bits per heavy atom. The molecule has 1 aromatic heterocycles. The van der Waals surface area contributed by atoms with Crippen LogP contribution in [-0.2, 0) is 11.2 Å². The molecule has 1 rings (SSSR count). The Labute approximate surface area is 99.8 Å². The Morgan fingerprint density at radius 1 is 1.50 bits per heavy atom. The molecule has 4 nitrogen and oxygen atoms in total. The Morgan fingerprint density at radius 3 is 2.88 bits per heavy atom. The Hall–Kier alpha value is -0.940. The quantitative estimate of drug-likeness (QED) is 0.611. The summed E-state index contributed by atoms with van der Waals surface area (Å²) in [7, 11) is 0. The number of aryl methyl sites for hydroxylation is 2. The molecule has 0 bridgehead atoms. The lowest BCUT2D eigenvalue weighted by Gasteiger charge is -1.97. The number of carbonyl (C=O) groups excluding carboxylic acids is 1. The minimum absolute atomic E-state index is 0.262. The van der Waals surface area contributed by atoms with E-state index in [0.717, 1.165) is 30.0 Å². The average molecular weight is 242 g/mol. The van der Waals surface area contributed by atoms with Crippen LogP contribution in [0.3, 0.4) is 0 Å². The fraction of sp³-hybridized carbons (Fsp3) is 0.636. The molecule has 90 valence electrons. The molecule has 0 aliphatic heterocycles. The third-order valence-electron chi connectivity index (χ3n) is 2.15. The largest absolute Gasteiger partial charge is 0.462 e. The van der Waals surface area contributed by atoms with Crippen molar-refractivity contribution in [2.45, 2.75) is 33.1 Å². The van der Waals surface area contributed by atoms with Gasteiger partial charge < -0.3 is 10.5 Å². The first-order valence-corrected chi connectivity index (χ1v) is 6.34. The second-order valence-electron chi connectivity index (χ2n) is 3.49. The van der Waals surface area contributed by atoms with E-state index in [9.17, 15) is 4.79 Å². The number of hydrogen-bond donors (Lipinski definition) is 1. The summed E-state index contributed by atoms with van der Waals surface area (Å²) in [5.41, 5.74) is 6.19. The number of nitrogens with zero attached hydrogens (tertiary/aromatic N) is 1. The first kappa shape index (κ1) is 13.1. The Kier molecular flexibility index (Phi) is 5.42. The van der Waals surface area contributed by atoms with Crippen molar-refractivity contribution in [3.63, 3.8) is 0 Å². The number of nitrogens with two attached hydrogens (primary N) is 1. The zero-order valence-corrected chi connectivity index (χ0v) is 10.6. The normalized spacial score (nSPS) is 10.4. The van der Waals surface area contributed by atoms with E-state index >= 15 is 0 Å². The Bertz CT molecular complexity index is 350. The number of carbonyl (C=O) groups is 1. The highest BCUT2D eigenvalue weighted by Crippen LogP contribution is 2.20. The molecule has 2 N–H and O–H groups in total. The number of thiazole rings is 1. The van der Waals surface area contributed by atoms with Crippen LogP contribution in [0.25, 0.3) is 0 Å². The average Bonchev–Trinajstić information content (AvgIpc) is 2.61. The number of rotatable bonds is 6. The summed E-state index contributed by atoms with van der Waals surface area (Å²) in [5, 5.41) is 0.994. The lowest BCUT2D eigenvalue weighted by atomic mass is 10.2. The maximum absolute atomic E-state index is 11.5. The van der Waals surface area contributed by atoms with Crippen molar-refractivity contribution in [1.29, 1.82) is 0 Å². The van der Waals surface area contributed by atoms with Crippen molar-refractivity contribution >= 4 is 17.3 Å². The van der Waals surface area contributed by atoms with E-state index in [0.29, 0.717) is 18.0 Å². The smallest absolute Gasteiger partial charge is 0.350 e. The van der Waals surface area contributed by atoms with Crippen molar-refractivity contribution in [3.05, 3.63) is 15.6 Å². The third-order valence-corrected chi connectivity index (χ3v) is 3.34. The summed E-state index contributed by atoms with van der Waals surface area (Å²) in [6.07, 6.45) is 2.90. The van der Waals surface area contributed by atoms with Gasteiger partial charge in [-0.1, -0.05) is 0 Å². The predicted molar refractivity (Wildman–Crippen MR) is 64.8 cm³/mol. The highest BCUT2D eigenvalue weighted by molar-refractivity contribution is 7.13. The van der Waals surface area contributed by atoms with Crippen LogP contribution < -0.4 is 5.73 Å². The van der Waals surface area contributed by atoms with E-state index < -0.39 is 0 Å². The highest BCUT2D eigenvalue weighted by atomic mass is 32.1. The number of esters is 1. The number of hydrogen-bond acceptors (Lipinski definition) is 5. The van der Waals surface area contributed by atoms with Gasteiger partial charge in [-0.15, -0.1) is 11.3 Å². The summed E-state index contributed by atoms with van der Waals surface area (Å²) in [6, 6.07) is 0. The van der Waals surface area contributed by atoms with Crippen LogP contribution >= 0.6 is 11.3 Å². The van der Waals surface area contributed by atoms with Crippen LogP contribution in [0.2, 0.25) is 0 Å². The molecule has 0 radical (unpaired) electrons. The van der Waals surface area contributed by atoms with E-state index in [-0.39, 0.29) is 5.97 Å². The van der Waals surface area contributed by atoms with E-state index in [1.807, 2.05) is 6.92 Å². The fourth-order valence-corrected chi connectivity index (χ4v) is 2.37. The first-order valence-electron chi connectivity index (χ1n) is 5.52. The molecule has 0 aliphatic rings. The van der Waals surface area contributed by atoms with Gasteiger partial charge in [-0.25, -0.2) is 9.78 Å². The molecule has 1 heterocycles. The van der Waals surface area contributed by atoms with E-state index in [1.54, 1.807) is 6.92 Å². The fourth-order valence-electron chi connectivity index (χ4n) is 1.37. The van der Waals surface area contributed by atoms with E-state index in [2.05, 4.69) is 4.98 Å². The maximum atomic E-state index is 11.5. The number of aromatic nitrogens is 1. The molecule has 0 aliphatic carbocycles. The van der Waals surface area contributed by atoms with Crippen molar-refractivity contribution in [1.82, 2.24) is 4.98 Å². The summed E-state index contributed by atoms with van der Waals surface area (Å²) >= 11 is 1.43. The highest BCUT2D eigenvalue weighted by Gasteiger charge is 2.15.